The van der Waals surface area contributed by atoms with E-state index in [1.807, 2.05) is 19.1 Å². The molecule has 0 aliphatic carbocycles. The van der Waals surface area contributed by atoms with Crippen LogP contribution in [0.15, 0.2) is 42.5 Å². The molecule has 1 heterocycles. The predicted octanol–water partition coefficient (Wildman–Crippen LogP) is 3.27. The molecular formula is C16H14ClN3O. The second kappa shape index (κ2) is 6.87. The minimum Gasteiger partial charge on any atom is -0.333 e. The highest BCUT2D eigenvalue weighted by Gasteiger charge is 2.17. The van der Waals surface area contributed by atoms with Crippen molar-refractivity contribution in [1.29, 1.82) is 5.26 Å². The molecule has 4 nitrogen and oxygen atoms in total. The molecule has 0 bridgehead atoms. The molecule has 21 heavy (non-hydrogen) atoms. The summed E-state index contributed by atoms with van der Waals surface area (Å²) >= 11 is 5.82. The molecule has 1 aromatic carbocycles. The quantitative estimate of drug-likeness (QED) is 0.814. The van der Waals surface area contributed by atoms with Crippen LogP contribution in [0.5, 0.6) is 0 Å². The molecule has 0 radical (unpaired) electrons. The van der Waals surface area contributed by atoms with Gasteiger partial charge in [-0.05, 0) is 30.7 Å². The van der Waals surface area contributed by atoms with Gasteiger partial charge in [-0.15, -0.1) is 0 Å². The number of halogens is 1. The normalized spacial score (nSPS) is 9.95. The Labute approximate surface area is 128 Å². The number of hydrogen-bond donors (Lipinski definition) is 0. The summed E-state index contributed by atoms with van der Waals surface area (Å²) in [5, 5.41) is 9.40. The number of carbonyl (C=O) groups excluding carboxylic acids is 1. The number of hydrogen-bond acceptors (Lipinski definition) is 3. The van der Waals surface area contributed by atoms with Crippen molar-refractivity contribution in [1.82, 2.24) is 9.88 Å². The fraction of sp³-hybridized carbons (Fsp3) is 0.188. The summed E-state index contributed by atoms with van der Waals surface area (Å²) < 4.78 is 0. The molecule has 0 saturated heterocycles. The fourth-order valence-corrected chi connectivity index (χ4v) is 2.15. The topological polar surface area (TPSA) is 57.0 Å². The monoisotopic (exact) mass is 299 g/mol. The van der Waals surface area contributed by atoms with Crippen LogP contribution < -0.4 is 0 Å². The average molecular weight is 300 g/mol. The van der Waals surface area contributed by atoms with E-state index in [0.29, 0.717) is 24.3 Å². The van der Waals surface area contributed by atoms with Crippen LogP contribution in [0.25, 0.3) is 0 Å². The second-order valence-electron chi connectivity index (χ2n) is 4.43. The molecule has 0 N–H and O–H groups in total. The summed E-state index contributed by atoms with van der Waals surface area (Å²) in [7, 11) is 0. The first-order chi connectivity index (χ1) is 10.2. The Morgan fingerprint density at radius 2 is 2.05 bits per heavy atom. The maximum atomic E-state index is 12.5. The van der Waals surface area contributed by atoms with Crippen molar-refractivity contribution in [2.45, 2.75) is 13.5 Å². The lowest BCUT2D eigenvalue weighted by atomic mass is 10.1. The third-order valence-electron chi connectivity index (χ3n) is 3.10. The number of aromatic nitrogens is 1. The van der Waals surface area contributed by atoms with E-state index < -0.39 is 0 Å². The number of amides is 1. The molecule has 0 spiro atoms. The first-order valence-electron chi connectivity index (χ1n) is 6.55. The van der Waals surface area contributed by atoms with Crippen LogP contribution in [0.2, 0.25) is 5.15 Å². The van der Waals surface area contributed by atoms with E-state index in [-0.39, 0.29) is 11.1 Å². The van der Waals surface area contributed by atoms with Gasteiger partial charge < -0.3 is 4.90 Å². The highest BCUT2D eigenvalue weighted by molar-refractivity contribution is 6.29. The first-order valence-corrected chi connectivity index (χ1v) is 6.93. The molecular weight excluding hydrogens is 286 g/mol. The van der Waals surface area contributed by atoms with E-state index in [1.54, 1.807) is 35.2 Å². The van der Waals surface area contributed by atoms with Crippen molar-refractivity contribution in [3.63, 3.8) is 0 Å². The number of benzene rings is 1. The van der Waals surface area contributed by atoms with Gasteiger partial charge in [-0.1, -0.05) is 35.9 Å². The summed E-state index contributed by atoms with van der Waals surface area (Å²) in [4.78, 5) is 18.1. The van der Waals surface area contributed by atoms with Gasteiger partial charge >= 0.3 is 0 Å². The number of rotatable bonds is 4. The molecule has 2 aromatic rings. The van der Waals surface area contributed by atoms with Crippen molar-refractivity contribution in [3.8, 4) is 6.07 Å². The van der Waals surface area contributed by atoms with Crippen LogP contribution in [0.4, 0.5) is 0 Å². The Morgan fingerprint density at radius 1 is 1.29 bits per heavy atom. The SMILES string of the molecule is CCN(Cc1ccccc1C#N)C(=O)c1cccc(Cl)n1. The molecule has 0 unspecified atom stereocenters. The van der Waals surface area contributed by atoms with Gasteiger partial charge in [0.25, 0.3) is 5.91 Å². The predicted molar refractivity (Wildman–Crippen MR) is 80.8 cm³/mol. The maximum absolute atomic E-state index is 12.5. The van der Waals surface area contributed by atoms with E-state index >= 15 is 0 Å². The van der Waals surface area contributed by atoms with Gasteiger partial charge in [0.05, 0.1) is 11.6 Å². The molecule has 0 atom stereocenters. The molecule has 1 aromatic heterocycles. The highest BCUT2D eigenvalue weighted by atomic mass is 35.5. The third kappa shape index (κ3) is 3.59. The van der Waals surface area contributed by atoms with E-state index in [0.717, 1.165) is 5.56 Å². The molecule has 0 aliphatic rings. The first kappa shape index (κ1) is 15.0. The molecule has 2 rings (SSSR count). The van der Waals surface area contributed by atoms with Crippen LogP contribution in [0, 0.1) is 11.3 Å². The van der Waals surface area contributed by atoms with Crippen LogP contribution in [-0.4, -0.2) is 22.3 Å². The van der Waals surface area contributed by atoms with Crippen molar-refractivity contribution in [2.75, 3.05) is 6.54 Å². The van der Waals surface area contributed by atoms with Crippen LogP contribution in [0.3, 0.4) is 0 Å². The summed E-state index contributed by atoms with van der Waals surface area (Å²) in [5.74, 6) is -0.201. The zero-order valence-corrected chi connectivity index (χ0v) is 12.3. The number of pyridine rings is 1. The Balaban J connectivity index is 2.24. The van der Waals surface area contributed by atoms with E-state index in [4.69, 9.17) is 16.9 Å². The van der Waals surface area contributed by atoms with Gasteiger partial charge in [-0.2, -0.15) is 5.26 Å². The zero-order valence-electron chi connectivity index (χ0n) is 11.6. The lowest BCUT2D eigenvalue weighted by Gasteiger charge is -2.21. The minimum atomic E-state index is -0.201. The van der Waals surface area contributed by atoms with Gasteiger partial charge in [0, 0.05) is 13.1 Å². The molecule has 0 aliphatic heterocycles. The number of carbonyl (C=O) groups is 1. The van der Waals surface area contributed by atoms with E-state index in [1.165, 1.54) is 0 Å². The maximum Gasteiger partial charge on any atom is 0.272 e. The minimum absolute atomic E-state index is 0.201. The lowest BCUT2D eigenvalue weighted by Crippen LogP contribution is -2.31. The van der Waals surface area contributed by atoms with Gasteiger partial charge in [0.2, 0.25) is 0 Å². The van der Waals surface area contributed by atoms with Crippen molar-refractivity contribution in [3.05, 3.63) is 64.4 Å². The summed E-state index contributed by atoms with van der Waals surface area (Å²) in [5.41, 5.74) is 1.69. The van der Waals surface area contributed by atoms with Crippen molar-refractivity contribution >= 4 is 17.5 Å². The highest BCUT2D eigenvalue weighted by Crippen LogP contribution is 2.14. The summed E-state index contributed by atoms with van der Waals surface area (Å²) in [6.07, 6.45) is 0. The van der Waals surface area contributed by atoms with Gasteiger partial charge in [-0.25, -0.2) is 4.98 Å². The summed E-state index contributed by atoms with van der Waals surface area (Å²) in [6, 6.07) is 14.3. The van der Waals surface area contributed by atoms with Gasteiger partial charge in [0.1, 0.15) is 10.8 Å². The van der Waals surface area contributed by atoms with E-state index in [2.05, 4.69) is 11.1 Å². The Hall–Kier alpha value is -2.38. The average Bonchev–Trinajstić information content (AvgIpc) is 2.52. The summed E-state index contributed by atoms with van der Waals surface area (Å²) in [6.45, 7) is 2.78. The molecule has 0 saturated carbocycles. The Kier molecular flexibility index (Phi) is 4.91. The largest absolute Gasteiger partial charge is 0.333 e. The zero-order chi connectivity index (χ0) is 15.2. The van der Waals surface area contributed by atoms with E-state index in [9.17, 15) is 4.79 Å². The second-order valence-corrected chi connectivity index (χ2v) is 4.82. The lowest BCUT2D eigenvalue weighted by molar-refractivity contribution is 0.0746. The number of nitrogens with zero attached hydrogens (tertiary/aromatic N) is 3. The van der Waals surface area contributed by atoms with Crippen LogP contribution >= 0.6 is 11.6 Å². The standard InChI is InChI=1S/C16H14ClN3O/c1-2-20(11-13-7-4-3-6-12(13)10-18)16(21)14-8-5-9-15(17)19-14/h3-9H,2,11H2,1H3. The van der Waals surface area contributed by atoms with Crippen molar-refractivity contribution < 1.29 is 4.79 Å². The third-order valence-corrected chi connectivity index (χ3v) is 3.31. The molecule has 106 valence electrons. The van der Waals surface area contributed by atoms with Gasteiger partial charge in [0.15, 0.2) is 0 Å². The molecule has 0 fully saturated rings. The Morgan fingerprint density at radius 3 is 2.71 bits per heavy atom. The van der Waals surface area contributed by atoms with Gasteiger partial charge in [-0.3, -0.25) is 4.79 Å². The van der Waals surface area contributed by atoms with Crippen LogP contribution in [-0.2, 0) is 6.54 Å². The van der Waals surface area contributed by atoms with Crippen molar-refractivity contribution in [2.24, 2.45) is 0 Å². The Bertz CT molecular complexity index is 694. The fourth-order valence-electron chi connectivity index (χ4n) is 1.99. The smallest absolute Gasteiger partial charge is 0.272 e. The molecule has 1 amide bonds. The molecule has 5 heteroatoms. The van der Waals surface area contributed by atoms with Crippen LogP contribution in [0.1, 0.15) is 28.5 Å². The number of nitriles is 1.